The van der Waals surface area contributed by atoms with E-state index in [0.717, 1.165) is 16.3 Å². The molecule has 0 saturated carbocycles. The van der Waals surface area contributed by atoms with Crippen LogP contribution in [-0.4, -0.2) is 30.1 Å². The molecule has 1 amide bonds. The van der Waals surface area contributed by atoms with Gasteiger partial charge in [-0.05, 0) is 28.5 Å². The normalized spacial score (nSPS) is 11.9. The number of nitrogens with zero attached hydrogens (tertiary/aromatic N) is 1. The predicted molar refractivity (Wildman–Crippen MR) is 96.2 cm³/mol. The lowest BCUT2D eigenvalue weighted by Crippen LogP contribution is -2.32. The summed E-state index contributed by atoms with van der Waals surface area (Å²) >= 11 is 0. The minimum atomic E-state index is -0.462. The third-order valence-corrected chi connectivity index (χ3v) is 4.21. The lowest BCUT2D eigenvalue weighted by Gasteiger charge is -2.21. The average Bonchev–Trinajstić information content (AvgIpc) is 3.18. The highest BCUT2D eigenvalue weighted by atomic mass is 16.5. The summed E-state index contributed by atoms with van der Waals surface area (Å²) in [5.74, 6) is -0.659. The summed E-state index contributed by atoms with van der Waals surface area (Å²) in [5.41, 5.74) is 1.07. The number of esters is 1. The van der Waals surface area contributed by atoms with E-state index >= 15 is 0 Å². The van der Waals surface area contributed by atoms with E-state index in [1.807, 2.05) is 53.4 Å². The highest BCUT2D eigenvalue weighted by Gasteiger charge is 2.19. The van der Waals surface area contributed by atoms with E-state index in [9.17, 15) is 9.59 Å². The SMILES string of the molecule is COC(=O)CNC(=O)C[C@H](c1cccc2ccccc12)n1cccc1. The Hall–Kier alpha value is -3.08. The second kappa shape index (κ2) is 7.66. The van der Waals surface area contributed by atoms with Crippen molar-refractivity contribution in [2.24, 2.45) is 0 Å². The molecule has 3 rings (SSSR count). The van der Waals surface area contributed by atoms with Crippen LogP contribution in [-0.2, 0) is 14.3 Å². The van der Waals surface area contributed by atoms with Gasteiger partial charge in [0.05, 0.1) is 19.6 Å². The zero-order valence-corrected chi connectivity index (χ0v) is 14.0. The van der Waals surface area contributed by atoms with Crippen molar-refractivity contribution in [1.29, 1.82) is 0 Å². The van der Waals surface area contributed by atoms with Crippen molar-refractivity contribution in [3.8, 4) is 0 Å². The highest BCUT2D eigenvalue weighted by Crippen LogP contribution is 2.29. The molecule has 3 aromatic rings. The fraction of sp³-hybridized carbons (Fsp3) is 0.200. The van der Waals surface area contributed by atoms with Crippen LogP contribution in [0, 0.1) is 0 Å². The van der Waals surface area contributed by atoms with Crippen LogP contribution in [0.2, 0.25) is 0 Å². The van der Waals surface area contributed by atoms with Crippen LogP contribution < -0.4 is 5.32 Å². The van der Waals surface area contributed by atoms with Crippen LogP contribution >= 0.6 is 0 Å². The first-order valence-corrected chi connectivity index (χ1v) is 8.12. The lowest BCUT2D eigenvalue weighted by molar-refractivity contribution is -0.141. The van der Waals surface area contributed by atoms with Crippen molar-refractivity contribution < 1.29 is 14.3 Å². The van der Waals surface area contributed by atoms with Gasteiger partial charge in [0.25, 0.3) is 0 Å². The van der Waals surface area contributed by atoms with Crippen LogP contribution in [0.1, 0.15) is 18.0 Å². The molecule has 2 aromatic carbocycles. The van der Waals surface area contributed by atoms with Gasteiger partial charge in [0.2, 0.25) is 5.91 Å². The van der Waals surface area contributed by atoms with Gasteiger partial charge >= 0.3 is 5.97 Å². The Morgan fingerprint density at radius 2 is 1.76 bits per heavy atom. The maximum absolute atomic E-state index is 12.3. The summed E-state index contributed by atoms with van der Waals surface area (Å²) in [4.78, 5) is 23.6. The molecule has 0 saturated heterocycles. The molecule has 5 heteroatoms. The summed E-state index contributed by atoms with van der Waals surface area (Å²) in [7, 11) is 1.30. The van der Waals surface area contributed by atoms with Gasteiger partial charge in [0, 0.05) is 12.4 Å². The lowest BCUT2D eigenvalue weighted by atomic mass is 9.96. The monoisotopic (exact) mass is 336 g/mol. The van der Waals surface area contributed by atoms with Crippen molar-refractivity contribution in [2.75, 3.05) is 13.7 Å². The zero-order chi connectivity index (χ0) is 17.6. The summed E-state index contributed by atoms with van der Waals surface area (Å²) in [6, 6.07) is 17.9. The molecule has 5 nitrogen and oxygen atoms in total. The standard InChI is InChI=1S/C20H20N2O3/c1-25-20(24)14-21-19(23)13-18(22-11-4-5-12-22)17-10-6-8-15-7-2-3-9-16(15)17/h2-12,18H,13-14H2,1H3,(H,21,23)/t18-/m1/s1. The van der Waals surface area contributed by atoms with Gasteiger partial charge in [-0.25, -0.2) is 0 Å². The Morgan fingerprint density at radius 3 is 2.52 bits per heavy atom. The number of benzene rings is 2. The Kier molecular flexibility index (Phi) is 5.14. The number of aromatic nitrogens is 1. The molecule has 0 aliphatic carbocycles. The van der Waals surface area contributed by atoms with Gasteiger partial charge in [-0.1, -0.05) is 42.5 Å². The quantitative estimate of drug-likeness (QED) is 0.704. The molecule has 0 aliphatic heterocycles. The number of rotatable bonds is 6. The van der Waals surface area contributed by atoms with Crippen LogP contribution in [0.15, 0.2) is 67.0 Å². The molecule has 0 unspecified atom stereocenters. The van der Waals surface area contributed by atoms with Crippen molar-refractivity contribution in [3.63, 3.8) is 0 Å². The molecule has 128 valence electrons. The number of ether oxygens (including phenoxy) is 1. The van der Waals surface area contributed by atoms with E-state index in [-0.39, 0.29) is 24.9 Å². The molecule has 25 heavy (non-hydrogen) atoms. The fourth-order valence-corrected chi connectivity index (χ4v) is 2.96. The van der Waals surface area contributed by atoms with E-state index < -0.39 is 5.97 Å². The largest absolute Gasteiger partial charge is 0.468 e. The maximum atomic E-state index is 12.3. The number of methoxy groups -OCH3 is 1. The summed E-state index contributed by atoms with van der Waals surface area (Å²) < 4.78 is 6.57. The molecule has 1 N–H and O–H groups in total. The molecule has 1 aromatic heterocycles. The molecule has 1 atom stereocenters. The summed E-state index contributed by atoms with van der Waals surface area (Å²) in [6.07, 6.45) is 4.12. The number of amides is 1. The number of carbonyl (C=O) groups excluding carboxylic acids is 2. The molecular formula is C20H20N2O3. The molecular weight excluding hydrogens is 316 g/mol. The predicted octanol–water partition coefficient (Wildman–Crippen LogP) is 2.91. The van der Waals surface area contributed by atoms with Gasteiger partial charge < -0.3 is 14.6 Å². The number of hydrogen-bond donors (Lipinski definition) is 1. The van der Waals surface area contributed by atoms with E-state index in [0.29, 0.717) is 0 Å². The first-order valence-electron chi connectivity index (χ1n) is 8.12. The number of hydrogen-bond acceptors (Lipinski definition) is 3. The summed E-state index contributed by atoms with van der Waals surface area (Å²) in [5, 5.41) is 4.86. The molecule has 0 bridgehead atoms. The smallest absolute Gasteiger partial charge is 0.325 e. The zero-order valence-electron chi connectivity index (χ0n) is 14.0. The Balaban J connectivity index is 1.90. The molecule has 1 heterocycles. The Morgan fingerprint density at radius 1 is 1.04 bits per heavy atom. The van der Waals surface area contributed by atoms with Crippen molar-refractivity contribution in [2.45, 2.75) is 12.5 Å². The van der Waals surface area contributed by atoms with Gasteiger partial charge in [-0.15, -0.1) is 0 Å². The van der Waals surface area contributed by atoms with Gasteiger partial charge in [-0.3, -0.25) is 9.59 Å². The highest BCUT2D eigenvalue weighted by molar-refractivity contribution is 5.87. The second-order valence-corrected chi connectivity index (χ2v) is 5.77. The van der Waals surface area contributed by atoms with Gasteiger partial charge in [-0.2, -0.15) is 0 Å². The maximum Gasteiger partial charge on any atom is 0.325 e. The van der Waals surface area contributed by atoms with Crippen LogP contribution in [0.3, 0.4) is 0 Å². The van der Waals surface area contributed by atoms with E-state index in [1.165, 1.54) is 7.11 Å². The minimum Gasteiger partial charge on any atom is -0.468 e. The summed E-state index contributed by atoms with van der Waals surface area (Å²) in [6.45, 7) is -0.122. The second-order valence-electron chi connectivity index (χ2n) is 5.77. The number of nitrogens with one attached hydrogen (secondary N) is 1. The fourth-order valence-electron chi connectivity index (χ4n) is 2.96. The first kappa shape index (κ1) is 16.8. The Labute approximate surface area is 146 Å². The van der Waals surface area contributed by atoms with Gasteiger partial charge in [0.1, 0.15) is 6.54 Å². The van der Waals surface area contributed by atoms with Crippen LogP contribution in [0.25, 0.3) is 10.8 Å². The van der Waals surface area contributed by atoms with Crippen LogP contribution in [0.5, 0.6) is 0 Å². The van der Waals surface area contributed by atoms with Crippen molar-refractivity contribution >= 4 is 22.6 Å². The number of fused-ring (bicyclic) bond motifs is 1. The molecule has 0 fully saturated rings. The van der Waals surface area contributed by atoms with Crippen molar-refractivity contribution in [1.82, 2.24) is 9.88 Å². The topological polar surface area (TPSA) is 60.3 Å². The third kappa shape index (κ3) is 3.88. The molecule has 0 radical (unpaired) electrons. The van der Waals surface area contributed by atoms with Crippen molar-refractivity contribution in [3.05, 3.63) is 72.6 Å². The van der Waals surface area contributed by atoms with E-state index in [4.69, 9.17) is 0 Å². The third-order valence-electron chi connectivity index (χ3n) is 4.21. The Bertz CT molecular complexity index is 866. The molecule has 0 aliphatic rings. The minimum absolute atomic E-state index is 0.122. The van der Waals surface area contributed by atoms with E-state index in [2.05, 4.69) is 28.3 Å². The first-order chi connectivity index (χ1) is 12.2. The van der Waals surface area contributed by atoms with Crippen LogP contribution in [0.4, 0.5) is 0 Å². The number of carbonyl (C=O) groups is 2. The van der Waals surface area contributed by atoms with Gasteiger partial charge in [0.15, 0.2) is 0 Å². The molecule has 0 spiro atoms. The van der Waals surface area contributed by atoms with E-state index in [1.54, 1.807) is 0 Å². The average molecular weight is 336 g/mol.